The van der Waals surface area contributed by atoms with Crippen LogP contribution in [0.1, 0.15) is 10.5 Å². The topological polar surface area (TPSA) is 117 Å². The lowest BCUT2D eigenvalue weighted by atomic mass is 10.5. The van der Waals surface area contributed by atoms with E-state index < -0.39 is 12.0 Å². The molecule has 0 radical (unpaired) electrons. The molecule has 0 atom stereocenters. The number of likely N-dealkylation sites (N-methyl/N-ethyl adjacent to an activating group) is 1. The van der Waals surface area contributed by atoms with Gasteiger partial charge in [-0.3, -0.25) is 4.79 Å². The predicted octanol–water partition coefficient (Wildman–Crippen LogP) is -1.03. The molecule has 0 aromatic carbocycles. The fourth-order valence-electron chi connectivity index (χ4n) is 1.27. The Kier molecular flexibility index (Phi) is 5.51. The Morgan fingerprint density at radius 3 is 2.60 bits per heavy atom. The number of amides is 3. The molecule has 1 rings (SSSR count). The lowest BCUT2D eigenvalue weighted by Gasteiger charge is -2.11. The van der Waals surface area contributed by atoms with Gasteiger partial charge in [-0.05, 0) is 0 Å². The maximum Gasteiger partial charge on any atom is 0.356 e. The summed E-state index contributed by atoms with van der Waals surface area (Å²) in [6.07, 6.45) is 2.75. The number of carboxylic acid groups (broad SMARTS) is 1. The second-order valence-corrected chi connectivity index (χ2v) is 4.20. The first-order valence-electron chi connectivity index (χ1n) is 5.87. The molecule has 0 aliphatic carbocycles. The zero-order valence-electron chi connectivity index (χ0n) is 11.3. The molecule has 1 heterocycles. The van der Waals surface area contributed by atoms with Crippen LogP contribution in [0.15, 0.2) is 12.5 Å². The fourth-order valence-corrected chi connectivity index (χ4v) is 1.27. The molecule has 0 unspecified atom stereocenters. The number of hydrogen-bond donors (Lipinski definition) is 3. The Balaban J connectivity index is 2.24. The van der Waals surface area contributed by atoms with Crippen LogP contribution in [0.5, 0.6) is 0 Å². The third kappa shape index (κ3) is 4.96. The number of imidazole rings is 1. The van der Waals surface area contributed by atoms with Crippen molar-refractivity contribution in [2.75, 3.05) is 27.2 Å². The van der Waals surface area contributed by atoms with Crippen LogP contribution >= 0.6 is 0 Å². The molecular formula is C11H17N5O4. The van der Waals surface area contributed by atoms with Gasteiger partial charge >= 0.3 is 12.0 Å². The van der Waals surface area contributed by atoms with Crippen molar-refractivity contribution in [3.05, 3.63) is 18.2 Å². The highest BCUT2D eigenvalue weighted by Gasteiger charge is 2.08. The molecule has 0 saturated heterocycles. The smallest absolute Gasteiger partial charge is 0.356 e. The lowest BCUT2D eigenvalue weighted by molar-refractivity contribution is -0.127. The third-order valence-corrected chi connectivity index (χ3v) is 2.41. The summed E-state index contributed by atoms with van der Waals surface area (Å²) in [6, 6.07) is -0.459. The average molecular weight is 283 g/mol. The predicted molar refractivity (Wildman–Crippen MR) is 69.3 cm³/mol. The van der Waals surface area contributed by atoms with E-state index in [1.165, 1.54) is 17.4 Å². The zero-order chi connectivity index (χ0) is 15.1. The minimum atomic E-state index is -1.10. The number of urea groups is 1. The number of aromatic nitrogens is 2. The van der Waals surface area contributed by atoms with E-state index >= 15 is 0 Å². The Morgan fingerprint density at radius 2 is 2.05 bits per heavy atom. The van der Waals surface area contributed by atoms with E-state index in [0.717, 1.165) is 0 Å². The van der Waals surface area contributed by atoms with Gasteiger partial charge in [0, 0.05) is 33.4 Å². The molecule has 9 heteroatoms. The normalized spacial score (nSPS) is 9.90. The standard InChI is InChI=1S/C11H17N5O4/c1-15(2)9(17)5-13-11(20)12-3-4-16-6-8(10(18)19)14-7-16/h6-7H,3-5H2,1-2H3,(H,18,19)(H2,12,13,20). The third-order valence-electron chi connectivity index (χ3n) is 2.41. The molecule has 0 aliphatic rings. The lowest BCUT2D eigenvalue weighted by Crippen LogP contribution is -2.42. The van der Waals surface area contributed by atoms with Crippen LogP contribution in [0.3, 0.4) is 0 Å². The van der Waals surface area contributed by atoms with Crippen LogP contribution < -0.4 is 10.6 Å². The maximum atomic E-state index is 11.4. The Bertz CT molecular complexity index is 497. The number of carbonyl (C=O) groups is 3. The van der Waals surface area contributed by atoms with E-state index in [0.29, 0.717) is 6.54 Å². The summed E-state index contributed by atoms with van der Waals surface area (Å²) in [5.74, 6) is -1.31. The van der Waals surface area contributed by atoms with Crippen molar-refractivity contribution < 1.29 is 19.5 Å². The van der Waals surface area contributed by atoms with Gasteiger partial charge in [0.2, 0.25) is 5.91 Å². The van der Waals surface area contributed by atoms with E-state index in [2.05, 4.69) is 15.6 Å². The molecular weight excluding hydrogens is 266 g/mol. The first-order chi connectivity index (χ1) is 9.40. The molecule has 0 fully saturated rings. The van der Waals surface area contributed by atoms with Crippen LogP contribution in [0.4, 0.5) is 4.79 Å². The molecule has 0 bridgehead atoms. The summed E-state index contributed by atoms with van der Waals surface area (Å²) in [4.78, 5) is 38.2. The number of rotatable bonds is 6. The van der Waals surface area contributed by atoms with E-state index in [4.69, 9.17) is 5.11 Å². The molecule has 110 valence electrons. The molecule has 3 N–H and O–H groups in total. The second-order valence-electron chi connectivity index (χ2n) is 4.20. The molecule has 0 spiro atoms. The van der Waals surface area contributed by atoms with Crippen LogP contribution in [0, 0.1) is 0 Å². The van der Waals surface area contributed by atoms with Crippen molar-refractivity contribution >= 4 is 17.9 Å². The van der Waals surface area contributed by atoms with Gasteiger partial charge in [0.1, 0.15) is 0 Å². The van der Waals surface area contributed by atoms with Gasteiger partial charge in [-0.2, -0.15) is 0 Å². The van der Waals surface area contributed by atoms with Crippen molar-refractivity contribution in [3.63, 3.8) is 0 Å². The van der Waals surface area contributed by atoms with Crippen LogP contribution in [0.25, 0.3) is 0 Å². The van der Waals surface area contributed by atoms with Gasteiger partial charge in [0.05, 0.1) is 12.9 Å². The number of aromatic carboxylic acids is 1. The van der Waals surface area contributed by atoms with Crippen molar-refractivity contribution in [2.24, 2.45) is 0 Å². The summed E-state index contributed by atoms with van der Waals surface area (Å²) >= 11 is 0. The highest BCUT2D eigenvalue weighted by molar-refractivity contribution is 5.85. The van der Waals surface area contributed by atoms with E-state index in [1.54, 1.807) is 18.7 Å². The monoisotopic (exact) mass is 283 g/mol. The molecule has 0 aliphatic heterocycles. The van der Waals surface area contributed by atoms with Gasteiger partial charge in [-0.15, -0.1) is 0 Å². The molecule has 1 aromatic rings. The maximum absolute atomic E-state index is 11.4. The summed E-state index contributed by atoms with van der Waals surface area (Å²) in [7, 11) is 3.20. The largest absolute Gasteiger partial charge is 0.476 e. The molecule has 3 amide bonds. The van der Waals surface area contributed by atoms with Crippen LogP contribution in [0.2, 0.25) is 0 Å². The van der Waals surface area contributed by atoms with Crippen molar-refractivity contribution in [3.8, 4) is 0 Å². The number of carbonyl (C=O) groups excluding carboxylic acids is 2. The number of carboxylic acids is 1. The SMILES string of the molecule is CN(C)C(=O)CNC(=O)NCCn1cnc(C(=O)O)c1. The van der Waals surface area contributed by atoms with Crippen molar-refractivity contribution in [1.82, 2.24) is 25.1 Å². The van der Waals surface area contributed by atoms with Crippen LogP contribution in [-0.4, -0.2) is 64.6 Å². The van der Waals surface area contributed by atoms with Gasteiger partial charge in [0.25, 0.3) is 0 Å². The quantitative estimate of drug-likeness (QED) is 0.617. The van der Waals surface area contributed by atoms with Crippen LogP contribution in [-0.2, 0) is 11.3 Å². The summed E-state index contributed by atoms with van der Waals surface area (Å²) in [5.41, 5.74) is -0.0500. The molecule has 0 saturated carbocycles. The highest BCUT2D eigenvalue weighted by atomic mass is 16.4. The van der Waals surface area contributed by atoms with Crippen molar-refractivity contribution in [1.29, 1.82) is 0 Å². The summed E-state index contributed by atoms with van der Waals surface area (Å²) in [5, 5.41) is 13.6. The van der Waals surface area contributed by atoms with Gasteiger partial charge in [-0.25, -0.2) is 14.6 Å². The van der Waals surface area contributed by atoms with E-state index in [9.17, 15) is 14.4 Å². The Morgan fingerprint density at radius 1 is 1.35 bits per heavy atom. The van der Waals surface area contributed by atoms with Gasteiger partial charge in [-0.1, -0.05) is 0 Å². The first kappa shape index (κ1) is 15.5. The number of nitrogens with one attached hydrogen (secondary N) is 2. The van der Waals surface area contributed by atoms with E-state index in [-0.39, 0.29) is 24.7 Å². The number of hydrogen-bond acceptors (Lipinski definition) is 4. The zero-order valence-corrected chi connectivity index (χ0v) is 11.3. The summed E-state index contributed by atoms with van der Waals surface area (Å²) in [6.45, 7) is 0.597. The Hall–Kier alpha value is -2.58. The highest BCUT2D eigenvalue weighted by Crippen LogP contribution is 1.95. The molecule has 9 nitrogen and oxygen atoms in total. The second kappa shape index (κ2) is 7.12. The average Bonchev–Trinajstić information content (AvgIpc) is 2.84. The molecule has 1 aromatic heterocycles. The van der Waals surface area contributed by atoms with Gasteiger partial charge in [0.15, 0.2) is 5.69 Å². The van der Waals surface area contributed by atoms with E-state index in [1.807, 2.05) is 0 Å². The fraction of sp³-hybridized carbons (Fsp3) is 0.455. The molecule has 20 heavy (non-hydrogen) atoms. The number of nitrogens with zero attached hydrogens (tertiary/aromatic N) is 3. The van der Waals surface area contributed by atoms with Gasteiger partial charge < -0.3 is 25.2 Å². The minimum absolute atomic E-state index is 0.0500. The summed E-state index contributed by atoms with van der Waals surface area (Å²) < 4.78 is 1.55. The Labute approximate surface area is 115 Å². The first-order valence-corrected chi connectivity index (χ1v) is 5.87. The van der Waals surface area contributed by atoms with Crippen molar-refractivity contribution in [2.45, 2.75) is 6.54 Å². The minimum Gasteiger partial charge on any atom is -0.476 e.